The van der Waals surface area contributed by atoms with Gasteiger partial charge in [-0.2, -0.15) is 0 Å². The first-order valence-electron chi connectivity index (χ1n) is 8.28. The van der Waals surface area contributed by atoms with Crippen LogP contribution in [0.1, 0.15) is 52.6 Å². The van der Waals surface area contributed by atoms with Gasteiger partial charge < -0.3 is 9.84 Å². The van der Waals surface area contributed by atoms with Crippen LogP contribution in [0.25, 0.3) is 0 Å². The lowest BCUT2D eigenvalue weighted by Crippen LogP contribution is -2.47. The molecule has 0 aliphatic heterocycles. The highest BCUT2D eigenvalue weighted by Gasteiger charge is 2.34. The number of hydrogen-bond donors (Lipinski definition) is 1. The molecule has 1 aromatic rings. The Labute approximate surface area is 140 Å². The Kier molecular flexibility index (Phi) is 7.23. The Morgan fingerprint density at radius 1 is 1.22 bits per heavy atom. The van der Waals surface area contributed by atoms with Gasteiger partial charge >= 0.3 is 5.97 Å². The number of carbonyl (C=O) groups excluding carboxylic acids is 1. The molecule has 0 unspecified atom stereocenters. The van der Waals surface area contributed by atoms with Crippen molar-refractivity contribution in [2.75, 3.05) is 13.7 Å². The lowest BCUT2D eigenvalue weighted by molar-refractivity contribution is -0.164. The Morgan fingerprint density at radius 3 is 2.22 bits per heavy atom. The lowest BCUT2D eigenvalue weighted by Gasteiger charge is -2.37. The van der Waals surface area contributed by atoms with Gasteiger partial charge in [-0.3, -0.25) is 9.69 Å². The van der Waals surface area contributed by atoms with Crippen molar-refractivity contribution >= 4 is 5.97 Å². The molecule has 0 fully saturated rings. The van der Waals surface area contributed by atoms with E-state index < -0.39 is 5.60 Å². The quantitative estimate of drug-likeness (QED) is 0.782. The molecule has 0 bridgehead atoms. The van der Waals surface area contributed by atoms with Crippen LogP contribution in [-0.4, -0.2) is 41.3 Å². The van der Waals surface area contributed by atoms with Gasteiger partial charge in [0.25, 0.3) is 0 Å². The number of esters is 1. The molecule has 0 aliphatic rings. The second-order valence-corrected chi connectivity index (χ2v) is 7.33. The molecular formula is C19H31NO3. The van der Waals surface area contributed by atoms with Crippen LogP contribution in [0.4, 0.5) is 0 Å². The average Bonchev–Trinajstić information content (AvgIpc) is 2.43. The lowest BCUT2D eigenvalue weighted by atomic mass is 9.96. The first kappa shape index (κ1) is 19.7. The summed E-state index contributed by atoms with van der Waals surface area (Å²) in [7, 11) is 1.93. The van der Waals surface area contributed by atoms with Crippen molar-refractivity contribution in [2.45, 2.75) is 58.7 Å². The van der Waals surface area contributed by atoms with Crippen molar-refractivity contribution in [1.82, 2.24) is 4.90 Å². The molecule has 1 rings (SSSR count). The fourth-order valence-corrected chi connectivity index (χ4v) is 2.87. The van der Waals surface area contributed by atoms with Crippen LogP contribution < -0.4 is 0 Å². The molecule has 4 nitrogen and oxygen atoms in total. The van der Waals surface area contributed by atoms with Crippen molar-refractivity contribution in [2.24, 2.45) is 5.92 Å². The van der Waals surface area contributed by atoms with E-state index in [-0.39, 0.29) is 30.6 Å². The molecule has 0 aliphatic carbocycles. The number of rotatable bonds is 7. The second kappa shape index (κ2) is 8.46. The number of ether oxygens (including phenoxy) is 1. The van der Waals surface area contributed by atoms with Crippen LogP contribution in [0.5, 0.6) is 0 Å². The van der Waals surface area contributed by atoms with E-state index in [0.717, 1.165) is 5.56 Å². The van der Waals surface area contributed by atoms with Gasteiger partial charge in [-0.1, -0.05) is 44.2 Å². The van der Waals surface area contributed by atoms with E-state index >= 15 is 0 Å². The maximum Gasteiger partial charge on any atom is 0.324 e. The maximum atomic E-state index is 12.7. The van der Waals surface area contributed by atoms with Gasteiger partial charge in [-0.25, -0.2) is 0 Å². The van der Waals surface area contributed by atoms with E-state index in [1.807, 2.05) is 76.9 Å². The first-order valence-corrected chi connectivity index (χ1v) is 8.28. The highest BCUT2D eigenvalue weighted by Crippen LogP contribution is 2.28. The third-order valence-corrected chi connectivity index (χ3v) is 3.80. The zero-order valence-corrected chi connectivity index (χ0v) is 15.2. The fraction of sp³-hybridized carbons (Fsp3) is 0.632. The zero-order valence-electron chi connectivity index (χ0n) is 15.2. The molecule has 2 atom stereocenters. The number of aliphatic hydroxyl groups is 1. The van der Waals surface area contributed by atoms with Crippen LogP contribution in [0, 0.1) is 5.92 Å². The Balaban J connectivity index is 3.06. The molecule has 0 saturated heterocycles. The summed E-state index contributed by atoms with van der Waals surface area (Å²) in [4.78, 5) is 14.7. The van der Waals surface area contributed by atoms with E-state index in [0.29, 0.717) is 6.42 Å². The van der Waals surface area contributed by atoms with Gasteiger partial charge in [-0.15, -0.1) is 0 Å². The van der Waals surface area contributed by atoms with Crippen LogP contribution in [0.2, 0.25) is 0 Å². The summed E-state index contributed by atoms with van der Waals surface area (Å²) in [6, 6.07) is 9.60. The molecule has 23 heavy (non-hydrogen) atoms. The predicted octanol–water partition coefficient (Wildman–Crippen LogP) is 3.41. The number of hydrogen-bond acceptors (Lipinski definition) is 4. The molecule has 1 N–H and O–H groups in total. The van der Waals surface area contributed by atoms with Crippen LogP contribution in [-0.2, 0) is 9.53 Å². The fourth-order valence-electron chi connectivity index (χ4n) is 2.87. The first-order chi connectivity index (χ1) is 10.7. The highest BCUT2D eigenvalue weighted by atomic mass is 16.6. The predicted molar refractivity (Wildman–Crippen MR) is 93.1 cm³/mol. The number of nitrogens with zero attached hydrogens (tertiary/aromatic N) is 1. The third kappa shape index (κ3) is 5.96. The second-order valence-electron chi connectivity index (χ2n) is 7.33. The standard InChI is InChI=1S/C19H31NO3/c1-14(2)17(18(22)23-19(3,4)5)20(6)16(12-13-21)15-10-8-7-9-11-15/h7-11,14,16-17,21H,12-13H2,1-6H3/t16-,17-/m0/s1. The topological polar surface area (TPSA) is 49.8 Å². The van der Waals surface area contributed by atoms with E-state index in [1.165, 1.54) is 0 Å². The SMILES string of the molecule is CC(C)[C@@H](C(=O)OC(C)(C)C)N(C)[C@@H](CCO)c1ccccc1. The minimum Gasteiger partial charge on any atom is -0.459 e. The minimum atomic E-state index is -0.510. The van der Waals surface area contributed by atoms with Gasteiger partial charge in [0.15, 0.2) is 0 Å². The van der Waals surface area contributed by atoms with Gasteiger partial charge in [0.1, 0.15) is 11.6 Å². The minimum absolute atomic E-state index is 0.0267. The number of likely N-dealkylation sites (N-methyl/N-ethyl adjacent to an activating group) is 1. The van der Waals surface area contributed by atoms with E-state index in [9.17, 15) is 9.90 Å². The normalized spacial score (nSPS) is 14.8. The molecule has 0 saturated carbocycles. The van der Waals surface area contributed by atoms with E-state index in [2.05, 4.69) is 0 Å². The van der Waals surface area contributed by atoms with Gasteiger partial charge in [0.05, 0.1) is 0 Å². The average molecular weight is 321 g/mol. The Hall–Kier alpha value is -1.39. The van der Waals surface area contributed by atoms with E-state index in [4.69, 9.17) is 4.74 Å². The highest BCUT2D eigenvalue weighted by molar-refractivity contribution is 5.76. The zero-order chi connectivity index (χ0) is 17.6. The summed E-state index contributed by atoms with van der Waals surface area (Å²) in [5.74, 6) is -0.103. The van der Waals surface area contributed by atoms with Crippen molar-refractivity contribution in [3.8, 4) is 0 Å². The molecule has 0 radical (unpaired) electrons. The molecule has 0 heterocycles. The van der Waals surface area contributed by atoms with Gasteiger partial charge in [0.2, 0.25) is 0 Å². The summed E-state index contributed by atoms with van der Waals surface area (Å²) in [6.45, 7) is 9.75. The van der Waals surface area contributed by atoms with Crippen LogP contribution in [0.15, 0.2) is 30.3 Å². The molecule has 0 spiro atoms. The number of aliphatic hydroxyl groups excluding tert-OH is 1. The summed E-state index contributed by atoms with van der Waals surface area (Å²) in [5.41, 5.74) is 0.586. The van der Waals surface area contributed by atoms with Gasteiger partial charge in [0, 0.05) is 12.6 Å². The van der Waals surface area contributed by atoms with Crippen molar-refractivity contribution in [1.29, 1.82) is 0 Å². The summed E-state index contributed by atoms with van der Waals surface area (Å²) < 4.78 is 5.60. The number of benzene rings is 1. The summed E-state index contributed by atoms with van der Waals surface area (Å²) >= 11 is 0. The van der Waals surface area contributed by atoms with Crippen molar-refractivity contribution in [3.63, 3.8) is 0 Å². The number of carbonyl (C=O) groups is 1. The molecule has 4 heteroatoms. The molecule has 0 aromatic heterocycles. The Morgan fingerprint density at radius 2 is 1.78 bits per heavy atom. The largest absolute Gasteiger partial charge is 0.459 e. The smallest absolute Gasteiger partial charge is 0.324 e. The third-order valence-electron chi connectivity index (χ3n) is 3.80. The van der Waals surface area contributed by atoms with Crippen molar-refractivity contribution in [3.05, 3.63) is 35.9 Å². The Bertz CT molecular complexity index is 479. The monoisotopic (exact) mass is 321 g/mol. The van der Waals surface area contributed by atoms with Crippen molar-refractivity contribution < 1.29 is 14.6 Å². The van der Waals surface area contributed by atoms with E-state index in [1.54, 1.807) is 0 Å². The molecule has 0 amide bonds. The van der Waals surface area contributed by atoms with Gasteiger partial charge in [-0.05, 0) is 45.7 Å². The molecular weight excluding hydrogens is 290 g/mol. The van der Waals surface area contributed by atoms with Crippen LogP contribution >= 0.6 is 0 Å². The maximum absolute atomic E-state index is 12.7. The molecule has 130 valence electrons. The summed E-state index contributed by atoms with van der Waals surface area (Å²) in [6.07, 6.45) is 0.576. The molecule has 1 aromatic carbocycles. The van der Waals surface area contributed by atoms with Crippen LogP contribution in [0.3, 0.4) is 0 Å². The summed E-state index contributed by atoms with van der Waals surface area (Å²) in [5, 5.41) is 9.45.